The second-order valence-electron chi connectivity index (χ2n) is 7.77. The summed E-state index contributed by atoms with van der Waals surface area (Å²) in [5, 5.41) is 2.06. The van der Waals surface area contributed by atoms with Crippen molar-refractivity contribution >= 4 is 81.8 Å². The molecule has 2 amide bonds. The van der Waals surface area contributed by atoms with Gasteiger partial charge in [0, 0.05) is 0 Å². The first-order valence-corrected chi connectivity index (χ1v) is 13.6. The Morgan fingerprint density at radius 2 is 0.947 bits per heavy atom. The van der Waals surface area contributed by atoms with Crippen molar-refractivity contribution in [2.45, 2.75) is 33.6 Å². The molecule has 0 atom stereocenters. The Kier molecular flexibility index (Phi) is 14.4. The number of halogens is 6. The van der Waals surface area contributed by atoms with Crippen LogP contribution in [0.25, 0.3) is 0 Å². The molecule has 38 heavy (non-hydrogen) atoms. The van der Waals surface area contributed by atoms with E-state index in [1.807, 2.05) is 60.7 Å². The molecule has 0 unspecified atom stereocenters. The van der Waals surface area contributed by atoms with E-state index in [2.05, 4.69) is 0 Å². The van der Waals surface area contributed by atoms with Crippen molar-refractivity contribution in [2.24, 2.45) is 0 Å². The molecular weight excluding hydrogens is 625 g/mol. The zero-order chi connectivity index (χ0) is 28.0. The van der Waals surface area contributed by atoms with E-state index < -0.39 is 33.0 Å². The van der Waals surface area contributed by atoms with Gasteiger partial charge in [0.25, 0.3) is 0 Å². The van der Waals surface area contributed by atoms with Crippen molar-refractivity contribution < 1.29 is 28.7 Å². The molecule has 2 aromatic rings. The summed E-state index contributed by atoms with van der Waals surface area (Å²) in [6.07, 6.45) is -0.876. The van der Waals surface area contributed by atoms with E-state index in [1.54, 1.807) is 0 Å². The number of amides is 2. The van der Waals surface area contributed by atoms with E-state index in [0.29, 0.717) is 12.8 Å². The van der Waals surface area contributed by atoms with Gasteiger partial charge in [0.05, 0.1) is 13.1 Å². The summed E-state index contributed by atoms with van der Waals surface area (Å²) in [4.78, 5) is 36.4. The highest BCUT2D eigenvalue weighted by Gasteiger charge is 2.27. The van der Waals surface area contributed by atoms with Crippen LogP contribution in [0.4, 0.5) is 9.59 Å². The Morgan fingerprint density at radius 3 is 1.26 bits per heavy atom. The minimum absolute atomic E-state index is 0.110. The molecule has 0 radical (unpaired) electrons. The molecule has 2 aromatic carbocycles. The molecule has 0 heterocycles. The third kappa shape index (κ3) is 14.7. The molecule has 0 saturated carbocycles. The van der Waals surface area contributed by atoms with E-state index in [9.17, 15) is 9.59 Å². The maximum atomic E-state index is 12.5. The molecule has 0 aliphatic rings. The Labute approximate surface area is 251 Å². The largest absolute Gasteiger partial charge is 0.443 e. The van der Waals surface area contributed by atoms with E-state index in [4.69, 9.17) is 88.8 Å². The maximum absolute atomic E-state index is 12.5. The summed E-state index contributed by atoms with van der Waals surface area (Å²) in [5.74, 6) is 0. The predicted octanol–water partition coefficient (Wildman–Crippen LogP) is 7.65. The molecule has 0 fully saturated rings. The average Bonchev–Trinajstić information content (AvgIpc) is 2.87. The molecule has 0 saturated heterocycles. The van der Waals surface area contributed by atoms with Gasteiger partial charge in [-0.15, -0.1) is 0 Å². The second kappa shape index (κ2) is 16.7. The molecule has 0 N–H and O–H groups in total. The van der Waals surface area contributed by atoms with Gasteiger partial charge >= 0.3 is 12.2 Å². The molecule has 0 spiro atoms. The van der Waals surface area contributed by atoms with Crippen LogP contribution in [-0.2, 0) is 32.4 Å². The smallest absolute Gasteiger partial charge is 0.434 e. The van der Waals surface area contributed by atoms with Crippen molar-refractivity contribution in [3.8, 4) is 0 Å². The molecule has 2 rings (SSSR count). The van der Waals surface area contributed by atoms with Crippen LogP contribution in [0.5, 0.6) is 0 Å². The van der Waals surface area contributed by atoms with Crippen LogP contribution >= 0.6 is 69.6 Å². The van der Waals surface area contributed by atoms with Gasteiger partial charge < -0.3 is 9.47 Å². The number of nitrogens with zero attached hydrogens (tertiary/aromatic N) is 2. The van der Waals surface area contributed by atoms with Gasteiger partial charge in [-0.1, -0.05) is 130 Å². The highest BCUT2D eigenvalue weighted by molar-refractivity contribution is 6.68. The SMILES string of the molecule is O=C(OCC(Cl)(Cl)Cl)N(CCCCN(OCc1ccccc1)C(=O)OCC(Cl)(Cl)Cl)OCc1ccccc1. The number of unbranched alkanes of at least 4 members (excludes halogenated alkanes) is 1. The number of hydrogen-bond acceptors (Lipinski definition) is 6. The summed E-state index contributed by atoms with van der Waals surface area (Å²) in [6.45, 7) is -0.475. The van der Waals surface area contributed by atoms with Crippen LogP contribution in [0.3, 0.4) is 0 Å². The van der Waals surface area contributed by atoms with Crippen LogP contribution in [0.1, 0.15) is 24.0 Å². The number of hydrogen-bond donors (Lipinski definition) is 0. The highest BCUT2D eigenvalue weighted by Crippen LogP contribution is 2.27. The van der Waals surface area contributed by atoms with E-state index >= 15 is 0 Å². The lowest BCUT2D eigenvalue weighted by Crippen LogP contribution is -2.36. The minimum atomic E-state index is -1.77. The predicted molar refractivity (Wildman–Crippen MR) is 148 cm³/mol. The van der Waals surface area contributed by atoms with Gasteiger partial charge in [0.1, 0.15) is 26.4 Å². The summed E-state index contributed by atoms with van der Waals surface area (Å²) in [5.41, 5.74) is 1.67. The molecule has 8 nitrogen and oxygen atoms in total. The van der Waals surface area contributed by atoms with Crippen LogP contribution in [-0.4, -0.2) is 56.2 Å². The number of rotatable bonds is 13. The first kappa shape index (κ1) is 32.8. The number of carbonyl (C=O) groups is 2. The molecule has 0 aliphatic carbocycles. The Morgan fingerprint density at radius 1 is 0.605 bits per heavy atom. The zero-order valence-electron chi connectivity index (χ0n) is 20.0. The number of ether oxygens (including phenoxy) is 2. The standard InChI is InChI=1S/C24H26Cl6N2O6/c25-23(26,27)17-35-21(33)31(37-15-19-9-3-1-4-10-19)13-7-8-14-32(22(34)36-18-24(28,29)30)38-16-20-11-5-2-6-12-20/h1-6,9-12H,7-8,13-18H2. The second-order valence-corrected chi connectivity index (χ2v) is 12.8. The Balaban J connectivity index is 1.94. The molecule has 0 aromatic heterocycles. The molecular formula is C24H26Cl6N2O6. The maximum Gasteiger partial charge on any atom is 0.434 e. The quantitative estimate of drug-likeness (QED) is 0.126. The highest BCUT2D eigenvalue weighted by atomic mass is 35.6. The van der Waals surface area contributed by atoms with Crippen molar-refractivity contribution in [1.29, 1.82) is 0 Å². The zero-order valence-corrected chi connectivity index (χ0v) is 24.6. The molecule has 0 aliphatic heterocycles. The van der Waals surface area contributed by atoms with E-state index in [-0.39, 0.29) is 26.3 Å². The lowest BCUT2D eigenvalue weighted by atomic mass is 10.2. The van der Waals surface area contributed by atoms with Crippen LogP contribution in [0.2, 0.25) is 0 Å². The molecule has 0 bridgehead atoms. The number of hydroxylamine groups is 4. The van der Waals surface area contributed by atoms with Gasteiger partial charge in [0.15, 0.2) is 0 Å². The number of benzene rings is 2. The van der Waals surface area contributed by atoms with Crippen LogP contribution in [0.15, 0.2) is 60.7 Å². The van der Waals surface area contributed by atoms with Gasteiger partial charge in [-0.25, -0.2) is 9.59 Å². The summed E-state index contributed by atoms with van der Waals surface area (Å²) in [6, 6.07) is 18.5. The fourth-order valence-electron chi connectivity index (χ4n) is 2.81. The fraction of sp³-hybridized carbons (Fsp3) is 0.417. The third-order valence-electron chi connectivity index (χ3n) is 4.56. The van der Waals surface area contributed by atoms with Gasteiger partial charge in [-0.3, -0.25) is 9.68 Å². The molecule has 14 heteroatoms. The minimum Gasteiger partial charge on any atom is -0.443 e. The van der Waals surface area contributed by atoms with Crippen molar-refractivity contribution in [3.63, 3.8) is 0 Å². The fourth-order valence-corrected chi connectivity index (χ4v) is 3.14. The normalized spacial score (nSPS) is 11.6. The molecule has 210 valence electrons. The summed E-state index contributed by atoms with van der Waals surface area (Å²) < 4.78 is 6.54. The Bertz CT molecular complexity index is 896. The lowest BCUT2D eigenvalue weighted by Gasteiger charge is -2.24. The number of alkyl halides is 6. The van der Waals surface area contributed by atoms with Crippen LogP contribution < -0.4 is 0 Å². The average molecular weight is 651 g/mol. The van der Waals surface area contributed by atoms with E-state index in [1.165, 1.54) is 0 Å². The monoisotopic (exact) mass is 648 g/mol. The van der Waals surface area contributed by atoms with Gasteiger partial charge in [-0.05, 0) is 24.0 Å². The van der Waals surface area contributed by atoms with Crippen molar-refractivity contribution in [3.05, 3.63) is 71.8 Å². The topological polar surface area (TPSA) is 77.5 Å². The van der Waals surface area contributed by atoms with Gasteiger partial charge in [0.2, 0.25) is 7.59 Å². The summed E-state index contributed by atoms with van der Waals surface area (Å²) >= 11 is 34.1. The van der Waals surface area contributed by atoms with Crippen LogP contribution in [0, 0.1) is 0 Å². The number of carbonyl (C=O) groups excluding carboxylic acids is 2. The van der Waals surface area contributed by atoms with Crippen molar-refractivity contribution in [1.82, 2.24) is 10.1 Å². The summed E-state index contributed by atoms with van der Waals surface area (Å²) in [7, 11) is 0. The van der Waals surface area contributed by atoms with E-state index in [0.717, 1.165) is 21.3 Å². The third-order valence-corrected chi connectivity index (χ3v) is 5.21. The Hall–Kier alpha value is -1.36. The first-order valence-electron chi connectivity index (χ1n) is 11.3. The lowest BCUT2D eigenvalue weighted by molar-refractivity contribution is -0.154. The van der Waals surface area contributed by atoms with Crippen molar-refractivity contribution in [2.75, 3.05) is 26.3 Å². The first-order chi connectivity index (χ1) is 17.9. The van der Waals surface area contributed by atoms with Gasteiger partial charge in [-0.2, -0.15) is 10.1 Å².